The van der Waals surface area contributed by atoms with Gasteiger partial charge in [-0.1, -0.05) is 50.3 Å². The van der Waals surface area contributed by atoms with Gasteiger partial charge in [-0.2, -0.15) is 0 Å². The normalized spacial score (nSPS) is 10.5. The van der Waals surface area contributed by atoms with E-state index in [1.807, 2.05) is 19.1 Å². The van der Waals surface area contributed by atoms with Crippen LogP contribution < -0.4 is 14.2 Å². The molecule has 0 aliphatic rings. The number of hydrogen-bond acceptors (Lipinski definition) is 5. The molecule has 3 rings (SSSR count). The summed E-state index contributed by atoms with van der Waals surface area (Å²) in [5, 5.41) is 0. The summed E-state index contributed by atoms with van der Waals surface area (Å²) in [6.45, 7) is 4.82. The largest absolute Gasteiger partial charge is 0.494 e. The first-order valence-corrected chi connectivity index (χ1v) is 11.4. The van der Waals surface area contributed by atoms with Crippen LogP contribution in [0.25, 0.3) is 0 Å². The van der Waals surface area contributed by atoms with Crippen LogP contribution in [0.2, 0.25) is 0 Å². The van der Waals surface area contributed by atoms with E-state index in [-0.39, 0.29) is 0 Å². The van der Waals surface area contributed by atoms with Crippen LogP contribution >= 0.6 is 0 Å². The molecule has 3 aromatic rings. The number of unbranched alkanes of at least 4 members (excludes halogenated alkanes) is 4. The number of hydrogen-bond donors (Lipinski definition) is 0. The van der Waals surface area contributed by atoms with Gasteiger partial charge in [-0.3, -0.25) is 0 Å². The van der Waals surface area contributed by atoms with Crippen molar-refractivity contribution >= 4 is 11.9 Å². The zero-order valence-electron chi connectivity index (χ0n) is 19.2. The van der Waals surface area contributed by atoms with Crippen LogP contribution in [-0.4, -0.2) is 18.5 Å². The smallest absolute Gasteiger partial charge is 0.343 e. The van der Waals surface area contributed by atoms with Gasteiger partial charge < -0.3 is 14.2 Å². The van der Waals surface area contributed by atoms with Crippen molar-refractivity contribution in [3.05, 3.63) is 89.5 Å². The number of carbonyl (C=O) groups excluding carboxylic acids is 2. The zero-order chi connectivity index (χ0) is 23.5. The van der Waals surface area contributed by atoms with Crippen molar-refractivity contribution in [1.82, 2.24) is 0 Å². The van der Waals surface area contributed by atoms with Crippen LogP contribution in [0, 0.1) is 6.92 Å². The SMILES string of the molecule is CCCCCCCOc1ccc(C(=O)Oc2ccc(OC(=O)c3ccc(C)cc3)cc2)cc1. The summed E-state index contributed by atoms with van der Waals surface area (Å²) < 4.78 is 16.5. The van der Waals surface area contributed by atoms with Gasteiger partial charge in [-0.25, -0.2) is 9.59 Å². The van der Waals surface area contributed by atoms with Crippen molar-refractivity contribution in [3.8, 4) is 17.2 Å². The third-order valence-corrected chi connectivity index (χ3v) is 5.14. The van der Waals surface area contributed by atoms with Crippen LogP contribution in [-0.2, 0) is 0 Å². The average molecular weight is 447 g/mol. The topological polar surface area (TPSA) is 61.8 Å². The van der Waals surface area contributed by atoms with Crippen LogP contribution in [0.5, 0.6) is 17.2 Å². The first-order valence-electron chi connectivity index (χ1n) is 11.4. The van der Waals surface area contributed by atoms with Gasteiger partial charge in [0.15, 0.2) is 0 Å². The van der Waals surface area contributed by atoms with E-state index in [1.165, 1.54) is 25.7 Å². The summed E-state index contributed by atoms with van der Waals surface area (Å²) in [5.41, 5.74) is 1.97. The molecule has 3 aromatic carbocycles. The van der Waals surface area contributed by atoms with Gasteiger partial charge in [0.25, 0.3) is 0 Å². The summed E-state index contributed by atoms with van der Waals surface area (Å²) in [7, 11) is 0. The maximum atomic E-state index is 12.4. The lowest BCUT2D eigenvalue weighted by atomic mass is 10.1. The van der Waals surface area contributed by atoms with Gasteiger partial charge in [0.1, 0.15) is 17.2 Å². The molecule has 0 N–H and O–H groups in total. The number of ether oxygens (including phenoxy) is 3. The van der Waals surface area contributed by atoms with E-state index in [1.54, 1.807) is 60.7 Å². The molecule has 0 aromatic heterocycles. The molecule has 0 aliphatic heterocycles. The van der Waals surface area contributed by atoms with E-state index in [9.17, 15) is 9.59 Å². The zero-order valence-corrected chi connectivity index (χ0v) is 19.2. The third-order valence-electron chi connectivity index (χ3n) is 5.14. The van der Waals surface area contributed by atoms with Gasteiger partial charge in [-0.05, 0) is 74.0 Å². The Morgan fingerprint density at radius 3 is 1.58 bits per heavy atom. The second kappa shape index (κ2) is 12.4. The lowest BCUT2D eigenvalue weighted by molar-refractivity contribution is 0.0719. The van der Waals surface area contributed by atoms with E-state index in [0.29, 0.717) is 29.2 Å². The molecule has 33 heavy (non-hydrogen) atoms. The highest BCUT2D eigenvalue weighted by Gasteiger charge is 2.11. The molecule has 0 aliphatic carbocycles. The molecular weight excluding hydrogens is 416 g/mol. The number of carbonyl (C=O) groups is 2. The third kappa shape index (κ3) is 7.79. The lowest BCUT2D eigenvalue weighted by Crippen LogP contribution is -2.09. The predicted molar refractivity (Wildman–Crippen MR) is 128 cm³/mol. The second-order valence-electron chi connectivity index (χ2n) is 7.90. The van der Waals surface area contributed by atoms with Crippen molar-refractivity contribution < 1.29 is 23.8 Å². The Kier molecular flexibility index (Phi) is 9.07. The minimum absolute atomic E-state index is 0.363. The Labute approximate surface area is 195 Å². The van der Waals surface area contributed by atoms with Crippen LogP contribution in [0.1, 0.15) is 65.3 Å². The molecule has 0 heterocycles. The maximum Gasteiger partial charge on any atom is 0.343 e. The Hall–Kier alpha value is -3.60. The highest BCUT2D eigenvalue weighted by Crippen LogP contribution is 2.21. The van der Waals surface area contributed by atoms with Gasteiger partial charge in [0.2, 0.25) is 0 Å². The first kappa shape index (κ1) is 24.1. The molecule has 0 atom stereocenters. The minimum atomic E-state index is -0.467. The fourth-order valence-electron chi connectivity index (χ4n) is 3.18. The summed E-state index contributed by atoms with van der Waals surface area (Å²) in [6, 6.07) is 20.4. The Bertz CT molecular complexity index is 1020. The van der Waals surface area contributed by atoms with Crippen molar-refractivity contribution in [2.75, 3.05) is 6.61 Å². The minimum Gasteiger partial charge on any atom is -0.494 e. The van der Waals surface area contributed by atoms with Crippen molar-refractivity contribution in [1.29, 1.82) is 0 Å². The van der Waals surface area contributed by atoms with Gasteiger partial charge in [0, 0.05) is 0 Å². The molecular formula is C28H30O5. The maximum absolute atomic E-state index is 12.4. The fourth-order valence-corrected chi connectivity index (χ4v) is 3.18. The fraction of sp³-hybridized carbons (Fsp3) is 0.286. The highest BCUT2D eigenvalue weighted by atomic mass is 16.5. The van der Waals surface area contributed by atoms with E-state index in [4.69, 9.17) is 14.2 Å². The van der Waals surface area contributed by atoms with Gasteiger partial charge in [0.05, 0.1) is 17.7 Å². The lowest BCUT2D eigenvalue weighted by Gasteiger charge is -2.08. The molecule has 5 nitrogen and oxygen atoms in total. The highest BCUT2D eigenvalue weighted by molar-refractivity contribution is 5.92. The summed E-state index contributed by atoms with van der Waals surface area (Å²) >= 11 is 0. The van der Waals surface area contributed by atoms with Crippen LogP contribution in [0.4, 0.5) is 0 Å². The molecule has 0 fully saturated rings. The number of rotatable bonds is 11. The van der Waals surface area contributed by atoms with E-state index < -0.39 is 11.9 Å². The molecule has 0 radical (unpaired) electrons. The molecule has 0 bridgehead atoms. The number of benzene rings is 3. The summed E-state index contributed by atoms with van der Waals surface area (Å²) in [4.78, 5) is 24.6. The molecule has 0 saturated heterocycles. The Morgan fingerprint density at radius 2 is 1.06 bits per heavy atom. The monoisotopic (exact) mass is 446 g/mol. The van der Waals surface area contributed by atoms with Crippen molar-refractivity contribution in [3.63, 3.8) is 0 Å². The summed E-state index contributed by atoms with van der Waals surface area (Å²) in [5.74, 6) is 0.564. The van der Waals surface area contributed by atoms with E-state index in [0.717, 1.165) is 17.7 Å². The molecule has 0 amide bonds. The molecule has 0 unspecified atom stereocenters. The summed E-state index contributed by atoms with van der Waals surface area (Å²) in [6.07, 6.45) is 5.92. The van der Waals surface area contributed by atoms with E-state index in [2.05, 4.69) is 6.92 Å². The Balaban J connectivity index is 1.47. The quantitative estimate of drug-likeness (QED) is 0.184. The molecule has 172 valence electrons. The number of aryl methyl sites for hydroxylation is 1. The molecule has 0 spiro atoms. The number of esters is 2. The molecule has 0 saturated carbocycles. The average Bonchev–Trinajstić information content (AvgIpc) is 2.83. The van der Waals surface area contributed by atoms with Gasteiger partial charge in [-0.15, -0.1) is 0 Å². The Morgan fingerprint density at radius 1 is 0.606 bits per heavy atom. The van der Waals surface area contributed by atoms with Crippen molar-refractivity contribution in [2.45, 2.75) is 46.0 Å². The van der Waals surface area contributed by atoms with Crippen LogP contribution in [0.15, 0.2) is 72.8 Å². The van der Waals surface area contributed by atoms with E-state index >= 15 is 0 Å². The first-order chi connectivity index (χ1) is 16.0. The predicted octanol–water partition coefficient (Wildman–Crippen LogP) is 6.78. The molecule has 5 heteroatoms. The second-order valence-corrected chi connectivity index (χ2v) is 7.90. The van der Waals surface area contributed by atoms with Crippen molar-refractivity contribution in [2.24, 2.45) is 0 Å². The van der Waals surface area contributed by atoms with Crippen LogP contribution in [0.3, 0.4) is 0 Å². The standard InChI is InChI=1S/C28H30O5/c1-3-4-5-6-7-20-31-24-14-12-23(13-15-24)28(30)33-26-18-16-25(17-19-26)32-27(29)22-10-8-21(2)9-11-22/h8-19H,3-7,20H2,1-2H3. The van der Waals surface area contributed by atoms with Gasteiger partial charge >= 0.3 is 11.9 Å².